The van der Waals surface area contributed by atoms with E-state index in [1.165, 1.54) is 0 Å². The summed E-state index contributed by atoms with van der Waals surface area (Å²) in [4.78, 5) is 10.8. The zero-order chi connectivity index (χ0) is 10.8. The Morgan fingerprint density at radius 2 is 2.07 bits per heavy atom. The number of methoxy groups -OCH3 is 1. The van der Waals surface area contributed by atoms with Crippen LogP contribution < -0.4 is 4.74 Å². The molecule has 1 N–H and O–H groups in total. The molecule has 0 aliphatic carbocycles. The molecule has 3 heteroatoms. The van der Waals surface area contributed by atoms with Gasteiger partial charge in [0, 0.05) is 5.39 Å². The van der Waals surface area contributed by atoms with Crippen molar-refractivity contribution >= 4 is 16.7 Å². The Kier molecular flexibility index (Phi) is 2.29. The van der Waals surface area contributed by atoms with Crippen LogP contribution in [-0.4, -0.2) is 18.2 Å². The molecule has 76 valence electrons. The maximum Gasteiger partial charge on any atom is 0.335 e. The summed E-state index contributed by atoms with van der Waals surface area (Å²) in [6.45, 7) is 0. The van der Waals surface area contributed by atoms with E-state index in [4.69, 9.17) is 9.84 Å². The largest absolute Gasteiger partial charge is 0.496 e. The van der Waals surface area contributed by atoms with E-state index < -0.39 is 5.97 Å². The first kappa shape index (κ1) is 9.52. The van der Waals surface area contributed by atoms with Crippen LogP contribution in [0.2, 0.25) is 0 Å². The van der Waals surface area contributed by atoms with Crippen molar-refractivity contribution in [2.24, 2.45) is 0 Å². The molecule has 0 bridgehead atoms. The molecule has 0 aliphatic heterocycles. The third kappa shape index (κ3) is 1.64. The average Bonchev–Trinajstić information content (AvgIpc) is 2.27. The fourth-order valence-corrected chi connectivity index (χ4v) is 1.56. The fourth-order valence-electron chi connectivity index (χ4n) is 1.56. The van der Waals surface area contributed by atoms with Gasteiger partial charge < -0.3 is 9.84 Å². The van der Waals surface area contributed by atoms with Gasteiger partial charge >= 0.3 is 5.97 Å². The molecule has 0 aromatic heterocycles. The number of hydrogen-bond donors (Lipinski definition) is 1. The molecular weight excluding hydrogens is 192 g/mol. The minimum atomic E-state index is -0.917. The normalized spacial score (nSPS) is 10.2. The van der Waals surface area contributed by atoms with E-state index >= 15 is 0 Å². The van der Waals surface area contributed by atoms with Gasteiger partial charge in [0.05, 0.1) is 12.7 Å². The minimum Gasteiger partial charge on any atom is -0.496 e. The van der Waals surface area contributed by atoms with Gasteiger partial charge in [-0.1, -0.05) is 12.1 Å². The van der Waals surface area contributed by atoms with Crippen LogP contribution in [-0.2, 0) is 0 Å². The summed E-state index contributed by atoms with van der Waals surface area (Å²) < 4.78 is 5.18. The molecule has 0 radical (unpaired) electrons. The molecule has 0 spiro atoms. The predicted molar refractivity (Wildman–Crippen MR) is 57.5 cm³/mol. The van der Waals surface area contributed by atoms with Crippen LogP contribution in [0.25, 0.3) is 10.8 Å². The molecular formula is C12H10O3. The highest BCUT2D eigenvalue weighted by Crippen LogP contribution is 2.25. The van der Waals surface area contributed by atoms with Crippen molar-refractivity contribution < 1.29 is 14.6 Å². The first-order chi connectivity index (χ1) is 7.22. The lowest BCUT2D eigenvalue weighted by Gasteiger charge is -2.05. The molecule has 0 heterocycles. The first-order valence-electron chi connectivity index (χ1n) is 4.52. The van der Waals surface area contributed by atoms with Crippen molar-refractivity contribution in [2.75, 3.05) is 7.11 Å². The molecule has 2 aromatic carbocycles. The van der Waals surface area contributed by atoms with E-state index in [0.29, 0.717) is 0 Å². The smallest absolute Gasteiger partial charge is 0.335 e. The van der Waals surface area contributed by atoms with Crippen LogP contribution in [0.3, 0.4) is 0 Å². The number of fused-ring (bicyclic) bond motifs is 1. The lowest BCUT2D eigenvalue weighted by molar-refractivity contribution is 0.0697. The number of carboxylic acid groups (broad SMARTS) is 1. The average molecular weight is 202 g/mol. The molecule has 0 fully saturated rings. The summed E-state index contributed by atoms with van der Waals surface area (Å²) in [7, 11) is 1.60. The zero-order valence-corrected chi connectivity index (χ0v) is 8.23. The number of carboxylic acids is 1. The predicted octanol–water partition coefficient (Wildman–Crippen LogP) is 2.55. The van der Waals surface area contributed by atoms with Gasteiger partial charge in [0.2, 0.25) is 0 Å². The molecule has 2 aromatic rings. The quantitative estimate of drug-likeness (QED) is 0.814. The second-order valence-electron chi connectivity index (χ2n) is 3.20. The van der Waals surface area contributed by atoms with Gasteiger partial charge in [0.15, 0.2) is 0 Å². The summed E-state index contributed by atoms with van der Waals surface area (Å²) in [6, 6.07) is 10.5. The standard InChI is InChI=1S/C12H10O3/c1-15-11-4-2-3-8-7-9(12(13)14)5-6-10(8)11/h2-7H,1H3,(H,13,14). The van der Waals surface area contributed by atoms with E-state index in [0.717, 1.165) is 16.5 Å². The Morgan fingerprint density at radius 1 is 1.27 bits per heavy atom. The summed E-state index contributed by atoms with van der Waals surface area (Å²) in [5.41, 5.74) is 0.288. The van der Waals surface area contributed by atoms with Crippen molar-refractivity contribution in [1.29, 1.82) is 0 Å². The Bertz CT molecular complexity index is 517. The van der Waals surface area contributed by atoms with Crippen molar-refractivity contribution in [3.63, 3.8) is 0 Å². The highest BCUT2D eigenvalue weighted by molar-refractivity contribution is 5.96. The molecule has 0 aliphatic rings. The third-order valence-electron chi connectivity index (χ3n) is 2.31. The van der Waals surface area contributed by atoms with Crippen LogP contribution in [0.5, 0.6) is 5.75 Å². The van der Waals surface area contributed by atoms with E-state index in [2.05, 4.69) is 0 Å². The SMILES string of the molecule is COc1cccc2cc(C(=O)O)ccc12. The number of carbonyl (C=O) groups is 1. The molecule has 0 saturated carbocycles. The zero-order valence-electron chi connectivity index (χ0n) is 8.23. The Labute approximate surface area is 86.9 Å². The van der Waals surface area contributed by atoms with Crippen LogP contribution >= 0.6 is 0 Å². The van der Waals surface area contributed by atoms with Gasteiger partial charge in [0.25, 0.3) is 0 Å². The highest BCUT2D eigenvalue weighted by atomic mass is 16.5. The van der Waals surface area contributed by atoms with Gasteiger partial charge in [-0.05, 0) is 29.7 Å². The summed E-state index contributed by atoms with van der Waals surface area (Å²) >= 11 is 0. The van der Waals surface area contributed by atoms with Crippen LogP contribution in [0, 0.1) is 0 Å². The lowest BCUT2D eigenvalue weighted by Crippen LogP contribution is -1.95. The van der Waals surface area contributed by atoms with Crippen molar-refractivity contribution in [3.05, 3.63) is 42.0 Å². The molecule has 2 rings (SSSR count). The maximum absolute atomic E-state index is 10.8. The lowest BCUT2D eigenvalue weighted by atomic mass is 10.1. The first-order valence-corrected chi connectivity index (χ1v) is 4.52. The number of hydrogen-bond acceptors (Lipinski definition) is 2. The van der Waals surface area contributed by atoms with Crippen LogP contribution in [0.4, 0.5) is 0 Å². The van der Waals surface area contributed by atoms with Gasteiger partial charge in [-0.25, -0.2) is 4.79 Å². The van der Waals surface area contributed by atoms with Crippen LogP contribution in [0.15, 0.2) is 36.4 Å². The highest BCUT2D eigenvalue weighted by Gasteiger charge is 2.05. The molecule has 0 atom stereocenters. The van der Waals surface area contributed by atoms with Gasteiger partial charge in [-0.2, -0.15) is 0 Å². The summed E-state index contributed by atoms with van der Waals surface area (Å²) in [5.74, 6) is -0.163. The molecule has 0 amide bonds. The van der Waals surface area contributed by atoms with Gasteiger partial charge in [-0.15, -0.1) is 0 Å². The summed E-state index contributed by atoms with van der Waals surface area (Å²) in [5, 5.41) is 10.6. The number of rotatable bonds is 2. The number of aromatic carboxylic acids is 1. The number of benzene rings is 2. The van der Waals surface area contributed by atoms with E-state index in [1.807, 2.05) is 18.2 Å². The molecule has 15 heavy (non-hydrogen) atoms. The van der Waals surface area contributed by atoms with E-state index in [1.54, 1.807) is 25.3 Å². The van der Waals surface area contributed by atoms with Crippen molar-refractivity contribution in [3.8, 4) is 5.75 Å². The molecule has 3 nitrogen and oxygen atoms in total. The summed E-state index contributed by atoms with van der Waals surface area (Å²) in [6.07, 6.45) is 0. The monoisotopic (exact) mass is 202 g/mol. The second-order valence-corrected chi connectivity index (χ2v) is 3.20. The van der Waals surface area contributed by atoms with Gasteiger partial charge in [0.1, 0.15) is 5.75 Å². The second kappa shape index (κ2) is 3.61. The Morgan fingerprint density at radius 3 is 2.73 bits per heavy atom. The number of ether oxygens (including phenoxy) is 1. The Balaban J connectivity index is 2.69. The Hall–Kier alpha value is -2.03. The maximum atomic E-state index is 10.8. The fraction of sp³-hybridized carbons (Fsp3) is 0.0833. The van der Waals surface area contributed by atoms with E-state index in [9.17, 15) is 4.79 Å². The van der Waals surface area contributed by atoms with Gasteiger partial charge in [-0.3, -0.25) is 0 Å². The minimum absolute atomic E-state index is 0.288. The third-order valence-corrected chi connectivity index (χ3v) is 2.31. The molecule has 0 saturated heterocycles. The van der Waals surface area contributed by atoms with Crippen molar-refractivity contribution in [2.45, 2.75) is 0 Å². The topological polar surface area (TPSA) is 46.5 Å². The molecule has 0 unspecified atom stereocenters. The van der Waals surface area contributed by atoms with Crippen molar-refractivity contribution in [1.82, 2.24) is 0 Å². The van der Waals surface area contributed by atoms with E-state index in [-0.39, 0.29) is 5.56 Å². The van der Waals surface area contributed by atoms with Crippen LogP contribution in [0.1, 0.15) is 10.4 Å².